The number of ether oxygens (including phenoxy) is 2. The summed E-state index contributed by atoms with van der Waals surface area (Å²) >= 11 is 0. The predicted octanol–water partition coefficient (Wildman–Crippen LogP) is 2.85. The maximum Gasteiger partial charge on any atom is 0.312 e. The number of carbonyl (C=O) groups is 2. The molecule has 26 heavy (non-hydrogen) atoms. The van der Waals surface area contributed by atoms with Crippen LogP contribution in [0, 0.1) is 0 Å². The molecule has 0 saturated carbocycles. The van der Waals surface area contributed by atoms with Gasteiger partial charge < -0.3 is 19.5 Å². The van der Waals surface area contributed by atoms with E-state index in [0.717, 1.165) is 5.56 Å². The van der Waals surface area contributed by atoms with E-state index in [-0.39, 0.29) is 18.9 Å². The number of carboxylic acid groups (broad SMARTS) is 1. The van der Waals surface area contributed by atoms with Crippen LogP contribution in [-0.2, 0) is 16.0 Å². The average molecular weight is 355 g/mol. The molecule has 1 N–H and O–H groups in total. The molecule has 6 heteroatoms. The normalized spacial score (nSPS) is 15.5. The third-order valence-corrected chi connectivity index (χ3v) is 4.64. The van der Waals surface area contributed by atoms with Gasteiger partial charge in [0.2, 0.25) is 5.91 Å². The molecule has 6 nitrogen and oxygen atoms in total. The molecule has 1 aliphatic rings. The van der Waals surface area contributed by atoms with E-state index in [1.165, 1.54) is 0 Å². The van der Waals surface area contributed by atoms with Crippen LogP contribution in [0.15, 0.2) is 42.5 Å². The smallest absolute Gasteiger partial charge is 0.312 e. The highest BCUT2D eigenvalue weighted by Crippen LogP contribution is 2.36. The van der Waals surface area contributed by atoms with Gasteiger partial charge in [-0.05, 0) is 35.7 Å². The topological polar surface area (TPSA) is 76.1 Å². The van der Waals surface area contributed by atoms with Crippen molar-refractivity contribution in [1.82, 2.24) is 0 Å². The maximum atomic E-state index is 12.7. The number of fused-ring (bicyclic) bond motifs is 1. The van der Waals surface area contributed by atoms with Crippen molar-refractivity contribution >= 4 is 17.6 Å². The molecule has 0 saturated heterocycles. The summed E-state index contributed by atoms with van der Waals surface area (Å²) in [4.78, 5) is 25.8. The zero-order valence-electron chi connectivity index (χ0n) is 14.8. The number of hydrogen-bond acceptors (Lipinski definition) is 4. The molecule has 0 radical (unpaired) electrons. The van der Waals surface area contributed by atoms with E-state index in [0.29, 0.717) is 29.2 Å². The largest absolute Gasteiger partial charge is 0.493 e. The van der Waals surface area contributed by atoms with E-state index in [9.17, 15) is 14.7 Å². The highest BCUT2D eigenvalue weighted by Gasteiger charge is 2.35. The number of anilines is 1. The summed E-state index contributed by atoms with van der Waals surface area (Å²) in [6.07, 6.45) is 0.825. The Morgan fingerprint density at radius 2 is 1.85 bits per heavy atom. The zero-order valence-corrected chi connectivity index (χ0v) is 14.8. The minimum Gasteiger partial charge on any atom is -0.493 e. The molecular formula is C20H21NO5. The monoisotopic (exact) mass is 355 g/mol. The summed E-state index contributed by atoms with van der Waals surface area (Å²) in [5, 5.41) is 9.41. The molecule has 3 rings (SSSR count). The van der Waals surface area contributed by atoms with Crippen molar-refractivity contribution in [2.24, 2.45) is 0 Å². The van der Waals surface area contributed by atoms with Crippen molar-refractivity contribution in [2.75, 3.05) is 25.7 Å². The van der Waals surface area contributed by atoms with Crippen LogP contribution < -0.4 is 14.4 Å². The van der Waals surface area contributed by atoms with E-state index >= 15 is 0 Å². The maximum absolute atomic E-state index is 12.7. The highest BCUT2D eigenvalue weighted by atomic mass is 16.5. The fourth-order valence-corrected chi connectivity index (χ4v) is 3.28. The first-order chi connectivity index (χ1) is 12.5. The number of carbonyl (C=O) groups excluding carboxylic acids is 1. The molecule has 0 aliphatic carbocycles. The number of hydrogen-bond donors (Lipinski definition) is 1. The minimum atomic E-state index is -0.910. The van der Waals surface area contributed by atoms with Crippen LogP contribution >= 0.6 is 0 Å². The molecule has 0 fully saturated rings. The van der Waals surface area contributed by atoms with E-state index in [1.54, 1.807) is 37.3 Å². The summed E-state index contributed by atoms with van der Waals surface area (Å²) in [7, 11) is 3.14. The lowest BCUT2D eigenvalue weighted by Gasteiger charge is -2.17. The van der Waals surface area contributed by atoms with Crippen molar-refractivity contribution in [2.45, 2.75) is 18.8 Å². The first-order valence-corrected chi connectivity index (χ1v) is 8.38. The van der Waals surface area contributed by atoms with E-state index in [4.69, 9.17) is 9.47 Å². The Morgan fingerprint density at radius 3 is 2.54 bits per heavy atom. The van der Waals surface area contributed by atoms with Crippen molar-refractivity contribution in [3.05, 3.63) is 53.6 Å². The van der Waals surface area contributed by atoms with Crippen LogP contribution in [-0.4, -0.2) is 37.7 Å². The number of para-hydroxylation sites is 1. The SMILES string of the molecule is COc1ccc(CCC(=O)N2CC(C(=O)O)c3ccccc32)cc1OC. The van der Waals surface area contributed by atoms with Crippen molar-refractivity contribution in [1.29, 1.82) is 0 Å². The molecule has 0 aromatic heterocycles. The molecule has 1 aliphatic heterocycles. The number of nitrogens with zero attached hydrogens (tertiary/aromatic N) is 1. The average Bonchev–Trinajstić information content (AvgIpc) is 3.06. The Hall–Kier alpha value is -3.02. The van der Waals surface area contributed by atoms with Crippen molar-refractivity contribution in [3.63, 3.8) is 0 Å². The van der Waals surface area contributed by atoms with Crippen LogP contribution in [0.4, 0.5) is 5.69 Å². The van der Waals surface area contributed by atoms with Crippen molar-refractivity contribution in [3.8, 4) is 11.5 Å². The van der Waals surface area contributed by atoms with Crippen LogP contribution in [0.25, 0.3) is 0 Å². The molecular weight excluding hydrogens is 334 g/mol. The summed E-state index contributed by atoms with van der Waals surface area (Å²) in [6.45, 7) is 0.180. The van der Waals surface area contributed by atoms with Gasteiger partial charge in [-0.15, -0.1) is 0 Å². The van der Waals surface area contributed by atoms with Gasteiger partial charge in [0.1, 0.15) is 5.92 Å². The standard InChI is InChI=1S/C20H21NO5/c1-25-17-9-7-13(11-18(17)26-2)8-10-19(22)21-12-15(20(23)24)14-5-3-4-6-16(14)21/h3-7,9,11,15H,8,10,12H2,1-2H3,(H,23,24). The summed E-state index contributed by atoms with van der Waals surface area (Å²) in [5.74, 6) is -0.407. The van der Waals surface area contributed by atoms with Crippen LogP contribution in [0.5, 0.6) is 11.5 Å². The van der Waals surface area contributed by atoms with Gasteiger partial charge >= 0.3 is 5.97 Å². The number of aryl methyl sites for hydroxylation is 1. The highest BCUT2D eigenvalue weighted by molar-refractivity contribution is 5.99. The fourth-order valence-electron chi connectivity index (χ4n) is 3.28. The third-order valence-electron chi connectivity index (χ3n) is 4.64. The van der Waals surface area contributed by atoms with Gasteiger partial charge in [0, 0.05) is 18.7 Å². The Morgan fingerprint density at radius 1 is 1.12 bits per heavy atom. The zero-order chi connectivity index (χ0) is 18.7. The number of benzene rings is 2. The molecule has 1 heterocycles. The lowest BCUT2D eigenvalue weighted by Crippen LogP contribution is -2.31. The number of carboxylic acids is 1. The van der Waals surface area contributed by atoms with E-state index < -0.39 is 11.9 Å². The molecule has 2 aromatic rings. The van der Waals surface area contributed by atoms with Crippen LogP contribution in [0.2, 0.25) is 0 Å². The number of aliphatic carboxylic acids is 1. The minimum absolute atomic E-state index is 0.0871. The van der Waals surface area contributed by atoms with Gasteiger partial charge in [0.05, 0.1) is 14.2 Å². The second kappa shape index (κ2) is 7.47. The third kappa shape index (κ3) is 3.35. The molecule has 1 atom stereocenters. The van der Waals surface area contributed by atoms with Crippen molar-refractivity contribution < 1.29 is 24.2 Å². The summed E-state index contributed by atoms with van der Waals surface area (Å²) < 4.78 is 10.5. The van der Waals surface area contributed by atoms with Gasteiger partial charge in [-0.25, -0.2) is 0 Å². The summed E-state index contributed by atoms with van der Waals surface area (Å²) in [5.41, 5.74) is 2.34. The Bertz CT molecular complexity index is 833. The molecule has 2 aromatic carbocycles. The van der Waals surface area contributed by atoms with Gasteiger partial charge in [-0.3, -0.25) is 9.59 Å². The Balaban J connectivity index is 1.72. The first-order valence-electron chi connectivity index (χ1n) is 8.38. The molecule has 0 bridgehead atoms. The lowest BCUT2D eigenvalue weighted by atomic mass is 10.0. The predicted molar refractivity (Wildman–Crippen MR) is 97.0 cm³/mol. The Labute approximate surface area is 152 Å². The Kier molecular flexibility index (Phi) is 5.11. The number of methoxy groups -OCH3 is 2. The van der Waals surface area contributed by atoms with E-state index in [1.807, 2.05) is 24.3 Å². The fraction of sp³-hybridized carbons (Fsp3) is 0.300. The van der Waals surface area contributed by atoms with E-state index in [2.05, 4.69) is 0 Å². The quantitative estimate of drug-likeness (QED) is 0.862. The van der Waals surface area contributed by atoms with Crippen LogP contribution in [0.1, 0.15) is 23.5 Å². The summed E-state index contributed by atoms with van der Waals surface area (Å²) in [6, 6.07) is 12.7. The lowest BCUT2D eigenvalue weighted by molar-refractivity contribution is -0.138. The number of rotatable bonds is 6. The second-order valence-electron chi connectivity index (χ2n) is 6.14. The van der Waals surface area contributed by atoms with Gasteiger partial charge in [-0.1, -0.05) is 24.3 Å². The molecule has 1 amide bonds. The molecule has 136 valence electrons. The number of amides is 1. The molecule has 0 spiro atoms. The molecule has 1 unspecified atom stereocenters. The van der Waals surface area contributed by atoms with Crippen LogP contribution in [0.3, 0.4) is 0 Å². The second-order valence-corrected chi connectivity index (χ2v) is 6.14. The van der Waals surface area contributed by atoms with Gasteiger partial charge in [0.25, 0.3) is 0 Å². The van der Waals surface area contributed by atoms with Gasteiger partial charge in [0.15, 0.2) is 11.5 Å². The van der Waals surface area contributed by atoms with Gasteiger partial charge in [-0.2, -0.15) is 0 Å². The first kappa shape index (κ1) is 17.8.